The number of nitrogens with zero attached hydrogens (tertiary/aromatic N) is 1. The Bertz CT molecular complexity index is 125. The van der Waals surface area contributed by atoms with Gasteiger partial charge in [0, 0.05) is 18.6 Å². The highest BCUT2D eigenvalue weighted by molar-refractivity contribution is 5.04. The maximum absolute atomic E-state index is 3.44. The molecule has 0 aromatic rings. The Hall–Kier alpha value is -0.0800. The molecule has 0 amide bonds. The van der Waals surface area contributed by atoms with Crippen molar-refractivity contribution in [3.8, 4) is 0 Å². The molecule has 2 heterocycles. The van der Waals surface area contributed by atoms with Gasteiger partial charge in [0.1, 0.15) is 0 Å². The van der Waals surface area contributed by atoms with Crippen LogP contribution in [0.3, 0.4) is 0 Å². The van der Waals surface area contributed by atoms with Crippen molar-refractivity contribution in [2.45, 2.75) is 25.3 Å². The molecular formula is C8H16N2. The van der Waals surface area contributed by atoms with Gasteiger partial charge in [-0.15, -0.1) is 0 Å². The lowest BCUT2D eigenvalue weighted by molar-refractivity contribution is 0.00710. The van der Waals surface area contributed by atoms with E-state index in [1.807, 2.05) is 0 Å². The van der Waals surface area contributed by atoms with Crippen LogP contribution in [0.4, 0.5) is 0 Å². The van der Waals surface area contributed by atoms with Gasteiger partial charge >= 0.3 is 0 Å². The zero-order valence-electron chi connectivity index (χ0n) is 6.69. The lowest BCUT2D eigenvalue weighted by atomic mass is 9.84. The van der Waals surface area contributed by atoms with Crippen molar-refractivity contribution < 1.29 is 0 Å². The van der Waals surface area contributed by atoms with E-state index in [1.165, 1.54) is 39.0 Å². The molecule has 2 heteroatoms. The first-order chi connectivity index (χ1) is 4.87. The van der Waals surface area contributed by atoms with Crippen LogP contribution >= 0.6 is 0 Å². The Morgan fingerprint density at radius 2 is 2.40 bits per heavy atom. The number of likely N-dealkylation sites (N-methyl/N-ethyl adjacent to an activating group) is 1. The molecule has 0 bridgehead atoms. The molecule has 2 saturated heterocycles. The molecule has 2 aliphatic rings. The van der Waals surface area contributed by atoms with Gasteiger partial charge in [0.15, 0.2) is 0 Å². The number of likely N-dealkylation sites (tertiary alicyclic amines) is 1. The summed E-state index contributed by atoms with van der Waals surface area (Å²) in [5, 5.41) is 3.44. The van der Waals surface area contributed by atoms with Crippen molar-refractivity contribution in [1.29, 1.82) is 0 Å². The molecule has 10 heavy (non-hydrogen) atoms. The quantitative estimate of drug-likeness (QED) is 0.568. The van der Waals surface area contributed by atoms with Gasteiger partial charge in [0.25, 0.3) is 0 Å². The summed E-state index contributed by atoms with van der Waals surface area (Å²) in [7, 11) is 0. The Morgan fingerprint density at radius 3 is 2.80 bits per heavy atom. The van der Waals surface area contributed by atoms with Crippen LogP contribution in [0, 0.1) is 0 Å². The summed E-state index contributed by atoms with van der Waals surface area (Å²) in [5.41, 5.74) is 0.606. The third-order valence-corrected chi connectivity index (χ3v) is 3.12. The molecule has 0 aliphatic carbocycles. The molecule has 0 saturated carbocycles. The maximum Gasteiger partial charge on any atom is 0.0358 e. The summed E-state index contributed by atoms with van der Waals surface area (Å²) in [4.78, 5) is 2.60. The molecule has 0 aromatic carbocycles. The van der Waals surface area contributed by atoms with Crippen LogP contribution in [0.5, 0.6) is 0 Å². The zero-order chi connectivity index (χ0) is 7.03. The minimum atomic E-state index is 0.606. The molecule has 58 valence electrons. The maximum atomic E-state index is 3.44. The van der Waals surface area contributed by atoms with E-state index in [9.17, 15) is 0 Å². The highest BCUT2D eigenvalue weighted by atomic mass is 15.3. The molecule has 1 spiro atoms. The van der Waals surface area contributed by atoms with Gasteiger partial charge in [-0.3, -0.25) is 4.90 Å². The first-order valence-corrected chi connectivity index (χ1v) is 4.33. The van der Waals surface area contributed by atoms with Gasteiger partial charge in [-0.2, -0.15) is 0 Å². The standard InChI is InChI=1S/C8H16N2/c1-2-10-6-4-8(10)3-5-9-7-8/h9H,2-7H2,1H3. The molecule has 0 radical (unpaired) electrons. The number of hydrogen-bond acceptors (Lipinski definition) is 2. The van der Waals surface area contributed by atoms with Crippen LogP contribution < -0.4 is 5.32 Å². The molecule has 1 unspecified atom stereocenters. The molecule has 2 fully saturated rings. The second-order valence-corrected chi connectivity index (χ2v) is 3.48. The highest BCUT2D eigenvalue weighted by Crippen LogP contribution is 2.35. The van der Waals surface area contributed by atoms with E-state index in [4.69, 9.17) is 0 Å². The Labute approximate surface area is 62.6 Å². The van der Waals surface area contributed by atoms with E-state index in [1.54, 1.807) is 0 Å². The Morgan fingerprint density at radius 1 is 1.50 bits per heavy atom. The van der Waals surface area contributed by atoms with E-state index < -0.39 is 0 Å². The van der Waals surface area contributed by atoms with Crippen molar-refractivity contribution in [1.82, 2.24) is 10.2 Å². The fourth-order valence-corrected chi connectivity index (χ4v) is 2.29. The van der Waals surface area contributed by atoms with Crippen molar-refractivity contribution in [2.75, 3.05) is 26.2 Å². The summed E-state index contributed by atoms with van der Waals surface area (Å²) in [6, 6.07) is 0. The predicted octanol–water partition coefficient (Wildman–Crippen LogP) is 0.444. The van der Waals surface area contributed by atoms with Crippen molar-refractivity contribution in [3.05, 3.63) is 0 Å². The average Bonchev–Trinajstić information content (AvgIpc) is 2.35. The van der Waals surface area contributed by atoms with Gasteiger partial charge in [0.05, 0.1) is 0 Å². The third-order valence-electron chi connectivity index (χ3n) is 3.12. The number of nitrogens with one attached hydrogen (secondary N) is 1. The van der Waals surface area contributed by atoms with E-state index >= 15 is 0 Å². The van der Waals surface area contributed by atoms with Crippen molar-refractivity contribution in [3.63, 3.8) is 0 Å². The molecule has 2 rings (SSSR count). The second kappa shape index (κ2) is 2.21. The largest absolute Gasteiger partial charge is 0.315 e. The van der Waals surface area contributed by atoms with Gasteiger partial charge in [-0.1, -0.05) is 6.92 Å². The smallest absolute Gasteiger partial charge is 0.0358 e. The average molecular weight is 140 g/mol. The van der Waals surface area contributed by atoms with Gasteiger partial charge in [-0.05, 0) is 25.9 Å². The monoisotopic (exact) mass is 140 g/mol. The minimum absolute atomic E-state index is 0.606. The summed E-state index contributed by atoms with van der Waals surface area (Å²) in [6.45, 7) is 7.30. The van der Waals surface area contributed by atoms with Crippen LogP contribution in [0.1, 0.15) is 19.8 Å². The van der Waals surface area contributed by atoms with E-state index in [-0.39, 0.29) is 0 Å². The highest BCUT2D eigenvalue weighted by Gasteiger charge is 2.45. The van der Waals surface area contributed by atoms with Crippen molar-refractivity contribution in [2.24, 2.45) is 0 Å². The first kappa shape index (κ1) is 6.62. The van der Waals surface area contributed by atoms with Crippen LogP contribution in [0.25, 0.3) is 0 Å². The van der Waals surface area contributed by atoms with E-state index in [0.29, 0.717) is 5.54 Å². The van der Waals surface area contributed by atoms with Crippen LogP contribution in [0.2, 0.25) is 0 Å². The molecule has 2 aliphatic heterocycles. The summed E-state index contributed by atoms with van der Waals surface area (Å²) >= 11 is 0. The van der Waals surface area contributed by atoms with Gasteiger partial charge in [-0.25, -0.2) is 0 Å². The predicted molar refractivity (Wildman–Crippen MR) is 42.1 cm³/mol. The molecule has 0 aromatic heterocycles. The van der Waals surface area contributed by atoms with Gasteiger partial charge in [0.2, 0.25) is 0 Å². The fourth-order valence-electron chi connectivity index (χ4n) is 2.29. The minimum Gasteiger partial charge on any atom is -0.315 e. The van der Waals surface area contributed by atoms with Crippen molar-refractivity contribution >= 4 is 0 Å². The molecule has 1 N–H and O–H groups in total. The fraction of sp³-hybridized carbons (Fsp3) is 1.00. The number of hydrogen-bond donors (Lipinski definition) is 1. The molecular weight excluding hydrogens is 124 g/mol. The molecule has 1 atom stereocenters. The summed E-state index contributed by atoms with van der Waals surface area (Å²) < 4.78 is 0. The Kier molecular flexibility index (Phi) is 1.46. The topological polar surface area (TPSA) is 15.3 Å². The zero-order valence-corrected chi connectivity index (χ0v) is 6.69. The lowest BCUT2D eigenvalue weighted by Crippen LogP contribution is -2.60. The van der Waals surface area contributed by atoms with E-state index in [2.05, 4.69) is 17.1 Å². The third kappa shape index (κ3) is 0.722. The second-order valence-electron chi connectivity index (χ2n) is 3.48. The SMILES string of the molecule is CCN1CCC12CCNC2. The normalized spacial score (nSPS) is 40.5. The Balaban J connectivity index is 2.01. The number of rotatable bonds is 1. The molecule has 2 nitrogen and oxygen atoms in total. The van der Waals surface area contributed by atoms with E-state index in [0.717, 1.165) is 0 Å². The van der Waals surface area contributed by atoms with Crippen LogP contribution in [0.15, 0.2) is 0 Å². The summed E-state index contributed by atoms with van der Waals surface area (Å²) in [5.74, 6) is 0. The summed E-state index contributed by atoms with van der Waals surface area (Å²) in [6.07, 6.45) is 2.80. The van der Waals surface area contributed by atoms with Crippen LogP contribution in [-0.2, 0) is 0 Å². The van der Waals surface area contributed by atoms with Gasteiger partial charge < -0.3 is 5.32 Å². The first-order valence-electron chi connectivity index (χ1n) is 4.33. The van der Waals surface area contributed by atoms with Crippen LogP contribution in [-0.4, -0.2) is 36.6 Å². The lowest BCUT2D eigenvalue weighted by Gasteiger charge is -2.50.